The average molecular weight is 343 g/mol. The van der Waals surface area contributed by atoms with E-state index < -0.39 is 0 Å². The van der Waals surface area contributed by atoms with E-state index in [-0.39, 0.29) is 24.1 Å². The van der Waals surface area contributed by atoms with Crippen LogP contribution >= 0.6 is 11.8 Å². The highest BCUT2D eigenvalue weighted by Gasteiger charge is 2.15. The van der Waals surface area contributed by atoms with Crippen molar-refractivity contribution in [2.45, 2.75) is 6.61 Å². The van der Waals surface area contributed by atoms with Gasteiger partial charge in [0.05, 0.1) is 12.0 Å². The Kier molecular flexibility index (Phi) is 5.22. The molecule has 1 N–H and O–H groups in total. The Labute approximate surface area is 142 Å². The molecule has 0 spiro atoms. The number of benzene rings is 2. The van der Waals surface area contributed by atoms with Crippen LogP contribution in [0.25, 0.3) is 0 Å². The number of para-hydroxylation sites is 1. The van der Waals surface area contributed by atoms with Crippen LogP contribution in [-0.2, 0) is 11.4 Å². The minimum atomic E-state index is -0.378. The molecular weight excluding hydrogens is 329 g/mol. The zero-order chi connectivity index (χ0) is 16.8. The minimum absolute atomic E-state index is 0.0619. The van der Waals surface area contributed by atoms with Crippen LogP contribution in [0.15, 0.2) is 58.7 Å². The van der Waals surface area contributed by atoms with Gasteiger partial charge in [0.15, 0.2) is 16.7 Å². The van der Waals surface area contributed by atoms with Gasteiger partial charge in [-0.15, -0.1) is 5.10 Å². The van der Waals surface area contributed by atoms with Crippen molar-refractivity contribution in [1.29, 1.82) is 0 Å². The summed E-state index contributed by atoms with van der Waals surface area (Å²) in [6.07, 6.45) is 1.60. The number of amidine groups is 1. The van der Waals surface area contributed by atoms with E-state index in [4.69, 9.17) is 4.74 Å². The number of halogens is 1. The van der Waals surface area contributed by atoms with Crippen molar-refractivity contribution in [2.24, 2.45) is 10.2 Å². The summed E-state index contributed by atoms with van der Waals surface area (Å²) in [5.74, 6) is 0.172. The molecule has 0 radical (unpaired) electrons. The average Bonchev–Trinajstić information content (AvgIpc) is 3.01. The van der Waals surface area contributed by atoms with Gasteiger partial charge in [-0.1, -0.05) is 48.2 Å². The number of hydrogen-bond donors (Lipinski definition) is 1. The first-order valence-electron chi connectivity index (χ1n) is 7.21. The van der Waals surface area contributed by atoms with Gasteiger partial charge in [-0.3, -0.25) is 4.79 Å². The number of carbonyl (C=O) groups excluding carboxylic acids is 1. The lowest BCUT2D eigenvalue weighted by Crippen LogP contribution is -2.19. The third-order valence-corrected chi connectivity index (χ3v) is 4.02. The normalized spacial score (nSPS) is 15.9. The molecule has 0 bridgehead atoms. The Balaban J connectivity index is 1.55. The minimum Gasteiger partial charge on any atom is -0.486 e. The van der Waals surface area contributed by atoms with Gasteiger partial charge in [0.25, 0.3) is 0 Å². The summed E-state index contributed by atoms with van der Waals surface area (Å²) in [7, 11) is 0. The maximum absolute atomic E-state index is 13.5. The van der Waals surface area contributed by atoms with E-state index in [9.17, 15) is 9.18 Å². The molecule has 2 aromatic carbocycles. The molecule has 0 aliphatic carbocycles. The molecule has 3 rings (SSSR count). The maximum atomic E-state index is 13.5. The monoisotopic (exact) mass is 343 g/mol. The SMILES string of the molecule is O=C1CSC(=NN=Cc2ccc(COc3ccccc3F)cc2)N1. The lowest BCUT2D eigenvalue weighted by atomic mass is 10.1. The number of rotatable bonds is 5. The molecule has 0 atom stereocenters. The van der Waals surface area contributed by atoms with Crippen LogP contribution in [0.1, 0.15) is 11.1 Å². The van der Waals surface area contributed by atoms with Crippen molar-refractivity contribution in [3.05, 3.63) is 65.5 Å². The summed E-state index contributed by atoms with van der Waals surface area (Å²) < 4.78 is 18.9. The fourth-order valence-electron chi connectivity index (χ4n) is 1.95. The number of ether oxygens (including phenoxy) is 1. The fraction of sp³-hybridized carbons (Fsp3) is 0.118. The Morgan fingerprint density at radius 2 is 2.00 bits per heavy atom. The number of nitrogens with zero attached hydrogens (tertiary/aromatic N) is 2. The number of nitrogens with one attached hydrogen (secondary N) is 1. The van der Waals surface area contributed by atoms with Gasteiger partial charge in [0, 0.05) is 0 Å². The van der Waals surface area contributed by atoms with E-state index in [0.29, 0.717) is 10.9 Å². The summed E-state index contributed by atoms with van der Waals surface area (Å²) in [5, 5.41) is 11.0. The van der Waals surface area contributed by atoms with E-state index in [1.165, 1.54) is 17.8 Å². The molecule has 2 aromatic rings. The highest BCUT2D eigenvalue weighted by Crippen LogP contribution is 2.17. The summed E-state index contributed by atoms with van der Waals surface area (Å²) in [6, 6.07) is 13.8. The van der Waals surface area contributed by atoms with Crippen molar-refractivity contribution in [3.8, 4) is 5.75 Å². The van der Waals surface area contributed by atoms with E-state index in [2.05, 4.69) is 15.5 Å². The second-order valence-corrected chi connectivity index (χ2v) is 5.91. The van der Waals surface area contributed by atoms with Gasteiger partial charge >= 0.3 is 0 Å². The van der Waals surface area contributed by atoms with Crippen molar-refractivity contribution < 1.29 is 13.9 Å². The predicted molar refractivity (Wildman–Crippen MR) is 92.8 cm³/mol. The molecule has 0 saturated carbocycles. The smallest absolute Gasteiger partial charge is 0.236 e. The zero-order valence-electron chi connectivity index (χ0n) is 12.6. The Morgan fingerprint density at radius 1 is 1.21 bits per heavy atom. The summed E-state index contributed by atoms with van der Waals surface area (Å²) >= 11 is 1.32. The number of carbonyl (C=O) groups is 1. The largest absolute Gasteiger partial charge is 0.486 e. The number of thioether (sulfide) groups is 1. The first-order valence-corrected chi connectivity index (χ1v) is 8.19. The van der Waals surface area contributed by atoms with E-state index >= 15 is 0 Å². The van der Waals surface area contributed by atoms with Gasteiger partial charge in [-0.25, -0.2) is 4.39 Å². The van der Waals surface area contributed by atoms with Gasteiger partial charge in [-0.05, 0) is 23.3 Å². The van der Waals surface area contributed by atoms with Crippen LogP contribution in [0, 0.1) is 5.82 Å². The molecule has 24 heavy (non-hydrogen) atoms. The van der Waals surface area contributed by atoms with E-state index in [0.717, 1.165) is 11.1 Å². The van der Waals surface area contributed by atoms with Crippen molar-refractivity contribution in [1.82, 2.24) is 5.32 Å². The van der Waals surface area contributed by atoms with Crippen molar-refractivity contribution >= 4 is 29.1 Å². The molecule has 0 unspecified atom stereocenters. The first-order chi connectivity index (χ1) is 11.7. The van der Waals surface area contributed by atoms with Crippen molar-refractivity contribution in [2.75, 3.05) is 5.75 Å². The van der Waals surface area contributed by atoms with Gasteiger partial charge in [-0.2, -0.15) is 5.10 Å². The number of amides is 1. The summed E-state index contributed by atoms with van der Waals surface area (Å²) in [4.78, 5) is 11.0. The molecule has 5 nitrogen and oxygen atoms in total. The molecule has 1 saturated heterocycles. The van der Waals surface area contributed by atoms with Crippen LogP contribution in [0.2, 0.25) is 0 Å². The molecule has 122 valence electrons. The Morgan fingerprint density at radius 3 is 2.71 bits per heavy atom. The molecule has 1 amide bonds. The highest BCUT2D eigenvalue weighted by atomic mass is 32.2. The molecule has 7 heteroatoms. The van der Waals surface area contributed by atoms with Gasteiger partial charge in [0.1, 0.15) is 6.61 Å². The van der Waals surface area contributed by atoms with Crippen LogP contribution in [-0.4, -0.2) is 23.0 Å². The standard InChI is InChI=1S/C17H14FN3O2S/c18-14-3-1-2-4-15(14)23-10-13-7-5-12(6-8-13)9-19-21-17-20-16(22)11-24-17/h1-9H,10-11H2,(H,20,21,22). The second kappa shape index (κ2) is 7.74. The third-order valence-electron chi connectivity index (χ3n) is 3.15. The topological polar surface area (TPSA) is 63.0 Å². The Bertz CT molecular complexity index is 791. The molecule has 1 aliphatic rings. The molecule has 1 fully saturated rings. The van der Waals surface area contributed by atoms with Crippen molar-refractivity contribution in [3.63, 3.8) is 0 Å². The first kappa shape index (κ1) is 16.2. The molecule has 1 aliphatic heterocycles. The lowest BCUT2D eigenvalue weighted by Gasteiger charge is -2.07. The van der Waals surface area contributed by atoms with Gasteiger partial charge in [0.2, 0.25) is 5.91 Å². The third kappa shape index (κ3) is 4.42. The fourth-order valence-corrected chi connectivity index (χ4v) is 2.58. The molecule has 0 aromatic heterocycles. The van der Waals surface area contributed by atoms with Crippen LogP contribution in [0.3, 0.4) is 0 Å². The van der Waals surface area contributed by atoms with Crippen LogP contribution in [0.5, 0.6) is 5.75 Å². The molecule has 1 heterocycles. The zero-order valence-corrected chi connectivity index (χ0v) is 13.4. The maximum Gasteiger partial charge on any atom is 0.236 e. The molecular formula is C17H14FN3O2S. The lowest BCUT2D eigenvalue weighted by molar-refractivity contribution is -0.116. The second-order valence-electron chi connectivity index (χ2n) is 4.95. The van der Waals surface area contributed by atoms with E-state index in [1.54, 1.807) is 24.4 Å². The highest BCUT2D eigenvalue weighted by molar-refractivity contribution is 8.15. The quantitative estimate of drug-likeness (QED) is 0.671. The summed E-state index contributed by atoms with van der Waals surface area (Å²) in [5.41, 5.74) is 1.78. The number of hydrogen-bond acceptors (Lipinski definition) is 5. The van der Waals surface area contributed by atoms with Crippen LogP contribution in [0.4, 0.5) is 4.39 Å². The predicted octanol–water partition coefficient (Wildman–Crippen LogP) is 2.96. The van der Waals surface area contributed by atoms with Crippen LogP contribution < -0.4 is 10.1 Å². The van der Waals surface area contributed by atoms with Gasteiger partial charge < -0.3 is 10.1 Å². The van der Waals surface area contributed by atoms with E-state index in [1.807, 2.05) is 24.3 Å². The Hall–Kier alpha value is -2.67. The summed E-state index contributed by atoms with van der Waals surface area (Å²) in [6.45, 7) is 0.281.